The molecule has 0 saturated carbocycles. The lowest BCUT2D eigenvalue weighted by atomic mass is 10.2. The lowest BCUT2D eigenvalue weighted by Gasteiger charge is -2.28. The molecule has 1 aromatic rings. The number of nitrogens with one attached hydrogen (secondary N) is 2. The first-order chi connectivity index (χ1) is 12.1. The number of carbonyl (C=O) groups excluding carboxylic acids is 1. The van der Waals surface area contributed by atoms with Crippen molar-refractivity contribution in [2.45, 2.75) is 26.4 Å². The minimum absolute atomic E-state index is 0.195. The first-order valence-corrected chi connectivity index (χ1v) is 8.85. The number of rotatable bonds is 8. The van der Waals surface area contributed by atoms with Crippen LogP contribution < -0.4 is 15.4 Å². The van der Waals surface area contributed by atoms with E-state index in [0.29, 0.717) is 37.8 Å². The Kier molecular flexibility index (Phi) is 7.97. The Hall–Kier alpha value is -1.83. The van der Waals surface area contributed by atoms with Crippen molar-refractivity contribution >= 4 is 11.7 Å². The largest absolute Gasteiger partial charge is 0.491 e. The van der Waals surface area contributed by atoms with E-state index in [1.54, 1.807) is 0 Å². The predicted octanol–water partition coefficient (Wildman–Crippen LogP) is 1.60. The van der Waals surface area contributed by atoms with E-state index in [9.17, 15) is 9.90 Å². The van der Waals surface area contributed by atoms with Crippen LogP contribution in [0.4, 0.5) is 10.5 Å². The molecule has 0 spiro atoms. The summed E-state index contributed by atoms with van der Waals surface area (Å²) in [5.74, 6) is 0.658. The molecule has 1 atom stereocenters. The van der Waals surface area contributed by atoms with Crippen LogP contribution in [0.3, 0.4) is 0 Å². The number of β-amino-alcohol motifs (C(OH)–C–C–N with tert-alkyl or cyclic N) is 1. The SMILES string of the molecule is CCCOc1cc(C)ccc1NC(=O)NCC(O)CN1CCOCC1. The van der Waals surface area contributed by atoms with Gasteiger partial charge in [-0.15, -0.1) is 0 Å². The van der Waals surface area contributed by atoms with Crippen LogP contribution in [0, 0.1) is 6.92 Å². The number of hydrogen-bond donors (Lipinski definition) is 3. The highest BCUT2D eigenvalue weighted by molar-refractivity contribution is 5.91. The zero-order valence-corrected chi connectivity index (χ0v) is 15.1. The van der Waals surface area contributed by atoms with E-state index in [4.69, 9.17) is 9.47 Å². The van der Waals surface area contributed by atoms with Gasteiger partial charge in [-0.2, -0.15) is 0 Å². The Morgan fingerprint density at radius 2 is 2.16 bits per heavy atom. The molecular weight excluding hydrogens is 322 g/mol. The molecule has 1 aromatic carbocycles. The maximum Gasteiger partial charge on any atom is 0.319 e. The van der Waals surface area contributed by atoms with Gasteiger partial charge in [-0.25, -0.2) is 4.79 Å². The van der Waals surface area contributed by atoms with Crippen LogP contribution in [0.2, 0.25) is 0 Å². The van der Waals surface area contributed by atoms with Gasteiger partial charge in [0.15, 0.2) is 0 Å². The maximum absolute atomic E-state index is 12.1. The second-order valence-electron chi connectivity index (χ2n) is 6.25. The van der Waals surface area contributed by atoms with E-state index in [1.165, 1.54) is 0 Å². The maximum atomic E-state index is 12.1. The Bertz CT molecular complexity index is 547. The van der Waals surface area contributed by atoms with Gasteiger partial charge in [-0.1, -0.05) is 13.0 Å². The van der Waals surface area contributed by atoms with Crippen molar-refractivity contribution in [3.05, 3.63) is 23.8 Å². The lowest BCUT2D eigenvalue weighted by Crippen LogP contribution is -2.45. The fourth-order valence-electron chi connectivity index (χ4n) is 2.59. The van der Waals surface area contributed by atoms with Crippen molar-refractivity contribution in [1.82, 2.24) is 10.2 Å². The molecule has 2 amide bonds. The smallest absolute Gasteiger partial charge is 0.319 e. The number of amides is 2. The number of morpholine rings is 1. The second-order valence-corrected chi connectivity index (χ2v) is 6.25. The van der Waals surface area contributed by atoms with Crippen molar-refractivity contribution in [3.63, 3.8) is 0 Å². The number of urea groups is 1. The molecule has 25 heavy (non-hydrogen) atoms. The molecule has 7 nitrogen and oxygen atoms in total. The normalized spacial score (nSPS) is 16.3. The number of aliphatic hydroxyl groups excluding tert-OH is 1. The zero-order valence-electron chi connectivity index (χ0n) is 15.1. The van der Waals surface area contributed by atoms with E-state index in [-0.39, 0.29) is 12.6 Å². The van der Waals surface area contributed by atoms with Gasteiger partial charge in [0.25, 0.3) is 0 Å². The molecule has 140 valence electrons. The van der Waals surface area contributed by atoms with Gasteiger partial charge in [-0.3, -0.25) is 4.90 Å². The number of ether oxygens (including phenoxy) is 2. The van der Waals surface area contributed by atoms with Gasteiger partial charge >= 0.3 is 6.03 Å². The first-order valence-electron chi connectivity index (χ1n) is 8.85. The van der Waals surface area contributed by atoms with Gasteiger partial charge in [0.05, 0.1) is 31.6 Å². The minimum atomic E-state index is -0.613. The average molecular weight is 351 g/mol. The average Bonchev–Trinajstić information content (AvgIpc) is 2.61. The quantitative estimate of drug-likeness (QED) is 0.663. The van der Waals surface area contributed by atoms with Gasteiger partial charge in [0.2, 0.25) is 0 Å². The first kappa shape index (κ1) is 19.5. The molecule has 0 aliphatic carbocycles. The topological polar surface area (TPSA) is 83.1 Å². The molecule has 1 fully saturated rings. The van der Waals surface area contributed by atoms with Crippen LogP contribution in [0.5, 0.6) is 5.75 Å². The van der Waals surface area contributed by atoms with Crippen LogP contribution in [0.25, 0.3) is 0 Å². The van der Waals surface area contributed by atoms with Crippen molar-refractivity contribution in [3.8, 4) is 5.75 Å². The molecule has 0 aromatic heterocycles. The Morgan fingerprint density at radius 1 is 1.40 bits per heavy atom. The van der Waals surface area contributed by atoms with E-state index in [0.717, 1.165) is 25.1 Å². The summed E-state index contributed by atoms with van der Waals surface area (Å²) in [4.78, 5) is 14.2. The molecule has 1 heterocycles. The molecule has 1 aliphatic heterocycles. The molecule has 0 bridgehead atoms. The van der Waals surface area contributed by atoms with Gasteiger partial charge in [0.1, 0.15) is 5.75 Å². The van der Waals surface area contributed by atoms with Crippen LogP contribution >= 0.6 is 0 Å². The molecular formula is C18H29N3O4. The molecule has 1 unspecified atom stereocenters. The van der Waals surface area contributed by atoms with Crippen LogP contribution in [-0.2, 0) is 4.74 Å². The molecule has 7 heteroatoms. The van der Waals surface area contributed by atoms with Crippen molar-refractivity contribution in [2.75, 3.05) is 51.3 Å². The van der Waals surface area contributed by atoms with E-state index >= 15 is 0 Å². The summed E-state index contributed by atoms with van der Waals surface area (Å²) >= 11 is 0. The molecule has 1 saturated heterocycles. The third-order valence-corrected chi connectivity index (χ3v) is 3.92. The molecule has 3 N–H and O–H groups in total. The summed E-state index contributed by atoms with van der Waals surface area (Å²) in [6, 6.07) is 5.29. The highest BCUT2D eigenvalue weighted by atomic mass is 16.5. The number of anilines is 1. The van der Waals surface area contributed by atoms with Crippen LogP contribution in [-0.4, -0.2) is 68.1 Å². The summed E-state index contributed by atoms with van der Waals surface area (Å²) in [7, 11) is 0. The number of hydrogen-bond acceptors (Lipinski definition) is 5. The summed E-state index contributed by atoms with van der Waals surface area (Å²) in [6.45, 7) is 8.33. The minimum Gasteiger partial charge on any atom is -0.491 e. The fraction of sp³-hybridized carbons (Fsp3) is 0.611. The van der Waals surface area contributed by atoms with Crippen molar-refractivity contribution in [2.24, 2.45) is 0 Å². The second kappa shape index (κ2) is 10.2. The van der Waals surface area contributed by atoms with Crippen LogP contribution in [0.15, 0.2) is 18.2 Å². The summed E-state index contributed by atoms with van der Waals surface area (Å²) in [5, 5.41) is 15.6. The summed E-state index contributed by atoms with van der Waals surface area (Å²) in [6.07, 6.45) is 0.283. The van der Waals surface area contributed by atoms with Gasteiger partial charge in [-0.05, 0) is 31.0 Å². The highest BCUT2D eigenvalue weighted by Gasteiger charge is 2.16. The number of benzene rings is 1. The van der Waals surface area contributed by atoms with Crippen molar-refractivity contribution < 1.29 is 19.4 Å². The van der Waals surface area contributed by atoms with E-state index in [1.807, 2.05) is 32.0 Å². The summed E-state index contributed by atoms with van der Waals surface area (Å²) < 4.78 is 11.0. The Balaban J connectivity index is 1.79. The van der Waals surface area contributed by atoms with E-state index < -0.39 is 6.10 Å². The molecule has 1 aliphatic rings. The fourth-order valence-corrected chi connectivity index (χ4v) is 2.59. The standard InChI is InChI=1S/C18H29N3O4/c1-3-8-25-17-11-14(2)4-5-16(17)20-18(23)19-12-15(22)13-21-6-9-24-10-7-21/h4-5,11,15,22H,3,6-10,12-13H2,1-2H3,(H2,19,20,23). The lowest BCUT2D eigenvalue weighted by molar-refractivity contribution is 0.0154. The third-order valence-electron chi connectivity index (χ3n) is 3.92. The number of aliphatic hydroxyl groups is 1. The number of nitrogens with zero attached hydrogens (tertiary/aromatic N) is 1. The number of carbonyl (C=O) groups is 1. The number of aryl methyl sites for hydroxylation is 1. The van der Waals surface area contributed by atoms with Crippen molar-refractivity contribution in [1.29, 1.82) is 0 Å². The zero-order chi connectivity index (χ0) is 18.1. The highest BCUT2D eigenvalue weighted by Crippen LogP contribution is 2.25. The van der Waals surface area contributed by atoms with E-state index in [2.05, 4.69) is 15.5 Å². The summed E-state index contributed by atoms with van der Waals surface area (Å²) in [5.41, 5.74) is 1.69. The monoisotopic (exact) mass is 351 g/mol. The predicted molar refractivity (Wildman–Crippen MR) is 97.3 cm³/mol. The van der Waals surface area contributed by atoms with Crippen LogP contribution in [0.1, 0.15) is 18.9 Å². The third kappa shape index (κ3) is 6.89. The Labute approximate surface area is 149 Å². The Morgan fingerprint density at radius 3 is 2.88 bits per heavy atom. The van der Waals surface area contributed by atoms with Gasteiger partial charge < -0.3 is 25.2 Å². The molecule has 2 rings (SSSR count). The van der Waals surface area contributed by atoms with Gasteiger partial charge in [0, 0.05) is 26.2 Å². The molecule has 0 radical (unpaired) electrons.